The molecule has 2 aliphatic rings. The molecule has 3 aromatic carbocycles. The predicted octanol–water partition coefficient (Wildman–Crippen LogP) is 5.60. The van der Waals surface area contributed by atoms with Gasteiger partial charge < -0.3 is 15.2 Å². The van der Waals surface area contributed by atoms with Crippen molar-refractivity contribution in [2.75, 3.05) is 17.3 Å². The molecule has 0 radical (unpaired) electrons. The fourth-order valence-electron chi connectivity index (χ4n) is 5.29. The van der Waals surface area contributed by atoms with Crippen LogP contribution in [0.15, 0.2) is 84.1 Å². The maximum absolute atomic E-state index is 13.9. The Balaban J connectivity index is 1.67. The third-order valence-electron chi connectivity index (χ3n) is 7.06. The lowest BCUT2D eigenvalue weighted by Crippen LogP contribution is -2.38. The smallest absolute Gasteiger partial charge is 0.303 e. The number of Topliss-reactive ketones (excluding diaryl/α,β-unsaturated/α-hetero) is 1. The van der Waals surface area contributed by atoms with Gasteiger partial charge in [0.25, 0.3) is 0 Å². The third kappa shape index (κ3) is 4.89. The van der Waals surface area contributed by atoms with E-state index in [1.54, 1.807) is 31.4 Å². The summed E-state index contributed by atoms with van der Waals surface area (Å²) in [5, 5.41) is 12.7. The average Bonchev–Trinajstić information content (AvgIpc) is 3.07. The van der Waals surface area contributed by atoms with Crippen LogP contribution in [0.3, 0.4) is 0 Å². The molecular formula is C30H27FN2O5. The molecule has 1 aliphatic carbocycles. The molecular weight excluding hydrogens is 487 g/mol. The van der Waals surface area contributed by atoms with Gasteiger partial charge in [0, 0.05) is 24.1 Å². The number of aliphatic carboxylic acids is 1. The molecule has 2 N–H and O–H groups in total. The number of rotatable bonds is 6. The number of ether oxygens (including phenoxy) is 1. The molecule has 2 atom stereocenters. The normalized spacial score (nSPS) is 18.7. The summed E-state index contributed by atoms with van der Waals surface area (Å²) in [6.07, 6.45) is 0.139. The second kappa shape index (κ2) is 10.5. The van der Waals surface area contributed by atoms with Crippen LogP contribution in [-0.2, 0) is 14.4 Å². The van der Waals surface area contributed by atoms with Gasteiger partial charge in [-0.05, 0) is 59.9 Å². The van der Waals surface area contributed by atoms with Gasteiger partial charge in [0.2, 0.25) is 5.91 Å². The van der Waals surface area contributed by atoms with E-state index in [9.17, 15) is 23.9 Å². The first-order valence-corrected chi connectivity index (χ1v) is 12.4. The molecule has 3 aromatic rings. The summed E-state index contributed by atoms with van der Waals surface area (Å²) in [5.41, 5.74) is 3.80. The molecule has 0 spiro atoms. The van der Waals surface area contributed by atoms with Crippen molar-refractivity contribution in [2.45, 2.75) is 37.6 Å². The zero-order valence-corrected chi connectivity index (χ0v) is 20.8. The number of carboxylic acids is 1. The van der Waals surface area contributed by atoms with Crippen molar-refractivity contribution in [1.82, 2.24) is 0 Å². The molecule has 1 aliphatic heterocycles. The second-order valence-electron chi connectivity index (χ2n) is 9.45. The van der Waals surface area contributed by atoms with Crippen molar-refractivity contribution in [3.63, 3.8) is 0 Å². The maximum atomic E-state index is 13.9. The van der Waals surface area contributed by atoms with Gasteiger partial charge in [-0.3, -0.25) is 19.3 Å². The Kier molecular flexibility index (Phi) is 6.96. The minimum Gasteiger partial charge on any atom is -0.497 e. The van der Waals surface area contributed by atoms with Crippen LogP contribution >= 0.6 is 0 Å². The first-order chi connectivity index (χ1) is 18.4. The van der Waals surface area contributed by atoms with Gasteiger partial charge in [-0.15, -0.1) is 0 Å². The number of para-hydroxylation sites is 2. The summed E-state index contributed by atoms with van der Waals surface area (Å²) in [6, 6.07) is 19.7. The van der Waals surface area contributed by atoms with E-state index < -0.39 is 23.7 Å². The zero-order chi connectivity index (χ0) is 26.8. The third-order valence-corrected chi connectivity index (χ3v) is 7.06. The number of nitrogens with zero attached hydrogens (tertiary/aromatic N) is 1. The predicted molar refractivity (Wildman–Crippen MR) is 141 cm³/mol. The molecule has 0 saturated heterocycles. The minimum atomic E-state index is -1.09. The Morgan fingerprint density at radius 1 is 1.00 bits per heavy atom. The quantitative estimate of drug-likeness (QED) is 0.445. The Morgan fingerprint density at radius 2 is 1.76 bits per heavy atom. The highest BCUT2D eigenvalue weighted by atomic mass is 19.1. The number of carbonyl (C=O) groups is 3. The average molecular weight is 515 g/mol. The number of amides is 1. The summed E-state index contributed by atoms with van der Waals surface area (Å²) in [4.78, 5) is 40.3. The van der Waals surface area contributed by atoms with Crippen molar-refractivity contribution in [3.8, 4) is 5.75 Å². The van der Waals surface area contributed by atoms with E-state index in [0.29, 0.717) is 40.4 Å². The molecule has 1 heterocycles. The number of methoxy groups -OCH3 is 1. The lowest BCUT2D eigenvalue weighted by Gasteiger charge is -2.35. The number of fused-ring (bicyclic) bond motifs is 1. The van der Waals surface area contributed by atoms with Crippen LogP contribution in [0.25, 0.3) is 0 Å². The first-order valence-electron chi connectivity index (χ1n) is 12.4. The molecule has 0 unspecified atom stereocenters. The SMILES string of the molecule is COc1cccc([C@H]2CC(=O)C3=C(C2)Nc2ccccc2N(C(=O)CCC(=O)O)[C@H]3c2ccc(F)cc2)c1. The summed E-state index contributed by atoms with van der Waals surface area (Å²) in [6.45, 7) is 0. The van der Waals surface area contributed by atoms with Crippen molar-refractivity contribution < 1.29 is 28.6 Å². The first kappa shape index (κ1) is 25.2. The van der Waals surface area contributed by atoms with Crippen molar-refractivity contribution in [1.29, 1.82) is 0 Å². The number of ketones is 1. The van der Waals surface area contributed by atoms with Crippen LogP contribution < -0.4 is 15.0 Å². The highest BCUT2D eigenvalue weighted by molar-refractivity contribution is 6.06. The highest BCUT2D eigenvalue weighted by Crippen LogP contribution is 2.47. The van der Waals surface area contributed by atoms with Gasteiger partial charge in [-0.25, -0.2) is 4.39 Å². The Labute approximate surface area is 219 Å². The fraction of sp³-hybridized carbons (Fsp3) is 0.233. The molecule has 38 heavy (non-hydrogen) atoms. The molecule has 0 bridgehead atoms. The topological polar surface area (TPSA) is 95.9 Å². The Morgan fingerprint density at radius 3 is 2.50 bits per heavy atom. The van der Waals surface area contributed by atoms with Crippen LogP contribution in [0.5, 0.6) is 5.75 Å². The number of anilines is 2. The standard InChI is InChI=1S/C30H27FN2O5/c1-38-22-6-4-5-19(15-22)20-16-24-29(26(34)17-20)30(18-9-11-21(31)12-10-18)33(27(35)13-14-28(36)37)25-8-3-2-7-23(25)32-24/h2-12,15,20,30,32H,13-14,16-17H2,1H3,(H,36,37)/t20-,30+/m1/s1. The van der Waals surface area contributed by atoms with E-state index >= 15 is 0 Å². The van der Waals surface area contributed by atoms with Crippen molar-refractivity contribution >= 4 is 29.0 Å². The summed E-state index contributed by atoms with van der Waals surface area (Å²) < 4.78 is 19.3. The van der Waals surface area contributed by atoms with Crippen molar-refractivity contribution in [2.24, 2.45) is 0 Å². The molecule has 0 saturated carbocycles. The number of carboxylic acid groups (broad SMARTS) is 1. The van der Waals surface area contributed by atoms with Gasteiger partial charge in [0.05, 0.1) is 30.9 Å². The maximum Gasteiger partial charge on any atom is 0.303 e. The number of hydrogen-bond donors (Lipinski definition) is 2. The molecule has 5 rings (SSSR count). The van der Waals surface area contributed by atoms with E-state index in [0.717, 1.165) is 5.56 Å². The van der Waals surface area contributed by atoms with E-state index in [-0.39, 0.29) is 31.0 Å². The zero-order valence-electron chi connectivity index (χ0n) is 20.8. The number of hydrogen-bond acceptors (Lipinski definition) is 5. The summed E-state index contributed by atoms with van der Waals surface area (Å²) >= 11 is 0. The molecule has 8 heteroatoms. The number of benzene rings is 3. The molecule has 0 fully saturated rings. The Bertz CT molecular complexity index is 1430. The molecule has 0 aromatic heterocycles. The number of halogens is 1. The van der Waals surface area contributed by atoms with Crippen molar-refractivity contribution in [3.05, 3.63) is 101 Å². The molecule has 1 amide bonds. The van der Waals surface area contributed by atoms with Gasteiger partial charge in [-0.2, -0.15) is 0 Å². The van der Waals surface area contributed by atoms with Crippen LogP contribution in [0.2, 0.25) is 0 Å². The lowest BCUT2D eigenvalue weighted by atomic mass is 9.78. The van der Waals surface area contributed by atoms with E-state index in [2.05, 4.69) is 5.32 Å². The minimum absolute atomic E-state index is 0.112. The van der Waals surface area contributed by atoms with Gasteiger partial charge in [-0.1, -0.05) is 36.4 Å². The van der Waals surface area contributed by atoms with Crippen LogP contribution in [0.1, 0.15) is 48.8 Å². The molecule has 7 nitrogen and oxygen atoms in total. The van der Waals surface area contributed by atoms with Crippen LogP contribution in [0, 0.1) is 5.82 Å². The van der Waals surface area contributed by atoms with Gasteiger partial charge in [0.1, 0.15) is 11.6 Å². The number of allylic oxidation sites excluding steroid dienone is 1. The van der Waals surface area contributed by atoms with Crippen LogP contribution in [0.4, 0.5) is 15.8 Å². The van der Waals surface area contributed by atoms with Gasteiger partial charge >= 0.3 is 5.97 Å². The number of nitrogens with one attached hydrogen (secondary N) is 1. The van der Waals surface area contributed by atoms with Gasteiger partial charge in [0.15, 0.2) is 5.78 Å². The van der Waals surface area contributed by atoms with E-state index in [4.69, 9.17) is 4.74 Å². The highest BCUT2D eigenvalue weighted by Gasteiger charge is 2.41. The van der Waals surface area contributed by atoms with Crippen LogP contribution in [-0.4, -0.2) is 29.9 Å². The summed E-state index contributed by atoms with van der Waals surface area (Å²) in [5.74, 6) is -1.51. The van der Waals surface area contributed by atoms with E-state index in [1.165, 1.54) is 17.0 Å². The lowest BCUT2D eigenvalue weighted by molar-refractivity contribution is -0.138. The monoisotopic (exact) mass is 514 g/mol. The second-order valence-corrected chi connectivity index (χ2v) is 9.45. The largest absolute Gasteiger partial charge is 0.497 e. The number of carbonyl (C=O) groups excluding carboxylic acids is 2. The Hall–Kier alpha value is -4.46. The molecule has 194 valence electrons. The fourth-order valence-corrected chi connectivity index (χ4v) is 5.29. The van der Waals surface area contributed by atoms with E-state index in [1.807, 2.05) is 36.4 Å². The summed E-state index contributed by atoms with van der Waals surface area (Å²) in [7, 11) is 1.60.